The van der Waals surface area contributed by atoms with Gasteiger partial charge < -0.3 is 39.6 Å². The molecule has 1 aliphatic rings. The first-order valence-electron chi connectivity index (χ1n) is 5.02. The fraction of sp³-hybridized carbons (Fsp3) is 1.00. The lowest BCUT2D eigenvalue weighted by atomic mass is 10.00. The minimum Gasteiger partial charge on any atom is -0.756 e. The Morgan fingerprint density at radius 1 is 1.05 bits per heavy atom. The highest BCUT2D eigenvalue weighted by Gasteiger charge is 2.46. The Morgan fingerprint density at radius 2 is 1.60 bits per heavy atom. The molecule has 1 fully saturated rings. The van der Waals surface area contributed by atoms with Gasteiger partial charge in [0.25, 0.3) is 7.82 Å². The van der Waals surface area contributed by atoms with Gasteiger partial charge in [-0.25, -0.2) is 4.57 Å². The predicted molar refractivity (Wildman–Crippen MR) is 55.6 cm³/mol. The Labute approximate surface area is 112 Å². The largest absolute Gasteiger partial charge is 0.756 e. The smallest absolute Gasteiger partial charge is 0.469 e. The second-order valence-corrected chi connectivity index (χ2v) is 6.26. The van der Waals surface area contributed by atoms with Crippen LogP contribution in [-0.2, 0) is 22.9 Å². The van der Waals surface area contributed by atoms with Gasteiger partial charge in [-0.15, -0.1) is 0 Å². The maximum atomic E-state index is 10.5. The molecule has 1 unspecified atom stereocenters. The molecule has 0 aromatic rings. The molecule has 0 radical (unpaired) electrons. The zero-order valence-electron chi connectivity index (χ0n) is 9.62. The fourth-order valence-electron chi connectivity index (χ4n) is 1.44. The quantitative estimate of drug-likeness (QED) is 0.268. The highest BCUT2D eigenvalue weighted by Crippen LogP contribution is 2.39. The van der Waals surface area contributed by atoms with Crippen LogP contribution in [0.3, 0.4) is 0 Å². The summed E-state index contributed by atoms with van der Waals surface area (Å²) in [6.07, 6.45) is -9.50. The molecule has 14 heteroatoms. The van der Waals surface area contributed by atoms with E-state index in [-0.39, 0.29) is 0 Å². The summed E-state index contributed by atoms with van der Waals surface area (Å²) in [6.45, 7) is -0.927. The number of phosphoric acid groups is 2. The van der Waals surface area contributed by atoms with Crippen LogP contribution >= 0.6 is 15.6 Å². The normalized spacial score (nSPS) is 38.5. The number of ether oxygens (including phenoxy) is 1. The molecular weight excluding hydrogens is 326 g/mol. The number of rotatable bonds is 5. The van der Waals surface area contributed by atoms with E-state index in [1.807, 2.05) is 0 Å². The van der Waals surface area contributed by atoms with Crippen LogP contribution in [0.15, 0.2) is 0 Å². The van der Waals surface area contributed by atoms with E-state index in [4.69, 9.17) is 14.7 Å². The molecule has 6 atom stereocenters. The number of phosphoric ester groups is 2. The molecule has 0 spiro atoms. The molecular formula is C6H13O12P2-. The van der Waals surface area contributed by atoms with Crippen LogP contribution < -0.4 is 4.89 Å². The molecule has 120 valence electrons. The van der Waals surface area contributed by atoms with Crippen molar-refractivity contribution >= 4 is 15.6 Å². The third-order valence-corrected chi connectivity index (χ3v) is 3.27. The Hall–Kier alpha value is 0.0600. The summed E-state index contributed by atoms with van der Waals surface area (Å²) in [5.41, 5.74) is 0. The van der Waals surface area contributed by atoms with Crippen molar-refractivity contribution in [1.82, 2.24) is 0 Å². The van der Waals surface area contributed by atoms with E-state index in [9.17, 15) is 29.3 Å². The van der Waals surface area contributed by atoms with Crippen molar-refractivity contribution in [3.05, 3.63) is 0 Å². The van der Waals surface area contributed by atoms with Crippen molar-refractivity contribution in [1.29, 1.82) is 0 Å². The van der Waals surface area contributed by atoms with Crippen LogP contribution in [-0.4, -0.2) is 67.3 Å². The third-order valence-electron chi connectivity index (χ3n) is 2.31. The van der Waals surface area contributed by atoms with Gasteiger partial charge in [-0.3, -0.25) is 13.6 Å². The Kier molecular flexibility index (Phi) is 5.83. The lowest BCUT2D eigenvalue weighted by molar-refractivity contribution is -0.302. The van der Waals surface area contributed by atoms with Crippen molar-refractivity contribution in [2.45, 2.75) is 30.7 Å². The summed E-state index contributed by atoms with van der Waals surface area (Å²) < 4.78 is 33.7. The van der Waals surface area contributed by atoms with Crippen molar-refractivity contribution < 1.29 is 57.8 Å². The van der Waals surface area contributed by atoms with E-state index in [1.54, 1.807) is 0 Å². The highest BCUT2D eigenvalue weighted by atomic mass is 31.2. The first kappa shape index (κ1) is 18.1. The lowest BCUT2D eigenvalue weighted by Crippen LogP contribution is -2.59. The molecule has 20 heavy (non-hydrogen) atoms. The van der Waals surface area contributed by atoms with Crippen molar-refractivity contribution in [3.8, 4) is 0 Å². The van der Waals surface area contributed by atoms with Crippen molar-refractivity contribution in [3.63, 3.8) is 0 Å². The molecule has 1 aliphatic heterocycles. The van der Waals surface area contributed by atoms with Crippen molar-refractivity contribution in [2.75, 3.05) is 6.61 Å². The second kappa shape index (κ2) is 6.44. The molecule has 12 nitrogen and oxygen atoms in total. The maximum Gasteiger partial charge on any atom is 0.469 e. The Morgan fingerprint density at radius 3 is 2.05 bits per heavy atom. The summed E-state index contributed by atoms with van der Waals surface area (Å²) in [5, 5.41) is 28.3. The van der Waals surface area contributed by atoms with Crippen LogP contribution in [0.5, 0.6) is 0 Å². The van der Waals surface area contributed by atoms with Gasteiger partial charge in [0, 0.05) is 0 Å². The van der Waals surface area contributed by atoms with Gasteiger partial charge in [0.05, 0.1) is 6.61 Å². The van der Waals surface area contributed by atoms with Crippen LogP contribution in [0.4, 0.5) is 0 Å². The summed E-state index contributed by atoms with van der Waals surface area (Å²) in [6, 6.07) is 0. The van der Waals surface area contributed by atoms with E-state index < -0.39 is 53.0 Å². The molecule has 1 rings (SSSR count). The van der Waals surface area contributed by atoms with E-state index in [0.717, 1.165) is 0 Å². The summed E-state index contributed by atoms with van der Waals surface area (Å²) in [4.78, 5) is 36.0. The third kappa shape index (κ3) is 5.45. The monoisotopic (exact) mass is 339 g/mol. The molecule has 0 bridgehead atoms. The SMILES string of the molecule is O=P([O-])(O)O[C@H]1O[C@H](COP(=O)(O)O)[C@@H](O)[C@H](O)[C@H]1O. The second-order valence-electron chi connectivity index (χ2n) is 3.88. The lowest BCUT2D eigenvalue weighted by Gasteiger charge is -2.40. The van der Waals surface area contributed by atoms with Crippen molar-refractivity contribution in [2.24, 2.45) is 0 Å². The molecule has 0 aromatic heterocycles. The first-order chi connectivity index (χ1) is 8.91. The van der Waals surface area contributed by atoms with Crippen LogP contribution in [0, 0.1) is 0 Å². The zero-order valence-corrected chi connectivity index (χ0v) is 11.4. The van der Waals surface area contributed by atoms with E-state index >= 15 is 0 Å². The van der Waals surface area contributed by atoms with Gasteiger partial charge >= 0.3 is 7.82 Å². The fourth-order valence-corrected chi connectivity index (χ4v) is 2.22. The van der Waals surface area contributed by atoms with Gasteiger partial charge in [0.2, 0.25) is 0 Å². The minimum absolute atomic E-state index is 0.927. The highest BCUT2D eigenvalue weighted by molar-refractivity contribution is 7.46. The average Bonchev–Trinajstić information content (AvgIpc) is 2.25. The molecule has 0 saturated carbocycles. The molecule has 1 heterocycles. The van der Waals surface area contributed by atoms with Gasteiger partial charge in [-0.05, 0) is 0 Å². The molecule has 0 aromatic carbocycles. The van der Waals surface area contributed by atoms with Gasteiger partial charge in [0.15, 0.2) is 6.29 Å². The molecule has 1 saturated heterocycles. The van der Waals surface area contributed by atoms with Gasteiger partial charge in [-0.1, -0.05) is 0 Å². The standard InChI is InChI=1S/C6H14O12P2/c7-3-2(1-16-19(10,11)12)17-6(5(9)4(3)8)18-20(13,14)15/h2-9H,1H2,(H2,10,11,12)(H2,13,14,15)/p-1/t2-,3-,4+,5-,6-/m1/s1. The predicted octanol–water partition coefficient (Wildman–Crippen LogP) is -3.62. The number of hydrogen-bond donors (Lipinski definition) is 6. The Balaban J connectivity index is 2.76. The van der Waals surface area contributed by atoms with Gasteiger partial charge in [0.1, 0.15) is 24.4 Å². The topological polar surface area (TPSA) is 206 Å². The summed E-state index contributed by atoms with van der Waals surface area (Å²) in [7, 11) is -10.2. The molecule has 0 aliphatic carbocycles. The minimum atomic E-state index is -5.32. The van der Waals surface area contributed by atoms with E-state index in [1.165, 1.54) is 0 Å². The van der Waals surface area contributed by atoms with Crippen LogP contribution in [0.2, 0.25) is 0 Å². The molecule has 0 amide bonds. The average molecular weight is 339 g/mol. The number of aliphatic hydroxyl groups is 3. The van der Waals surface area contributed by atoms with Crippen LogP contribution in [0.25, 0.3) is 0 Å². The van der Waals surface area contributed by atoms with E-state index in [0.29, 0.717) is 0 Å². The van der Waals surface area contributed by atoms with Gasteiger partial charge in [-0.2, -0.15) is 0 Å². The maximum absolute atomic E-state index is 10.5. The van der Waals surface area contributed by atoms with E-state index in [2.05, 4.69) is 13.8 Å². The number of hydrogen-bond acceptors (Lipinski definition) is 9. The summed E-state index contributed by atoms with van der Waals surface area (Å²) >= 11 is 0. The number of aliphatic hydroxyl groups excluding tert-OH is 3. The Bertz CT molecular complexity index is 412. The summed E-state index contributed by atoms with van der Waals surface area (Å²) in [5.74, 6) is 0. The molecule has 6 N–H and O–H groups in total. The van der Waals surface area contributed by atoms with Crippen LogP contribution in [0.1, 0.15) is 0 Å². The zero-order chi connectivity index (χ0) is 15.7. The first-order valence-corrected chi connectivity index (χ1v) is 8.05.